The third kappa shape index (κ3) is 4.71. The molecule has 1 atom stereocenters. The van der Waals surface area contributed by atoms with Crippen molar-refractivity contribution in [2.75, 3.05) is 14.2 Å². The Labute approximate surface area is 152 Å². The molecule has 0 heterocycles. The van der Waals surface area contributed by atoms with Crippen LogP contribution in [-0.4, -0.2) is 26.0 Å². The van der Waals surface area contributed by atoms with Crippen LogP contribution in [0.1, 0.15) is 27.5 Å². The first-order valence-corrected chi connectivity index (χ1v) is 7.92. The van der Waals surface area contributed by atoms with Crippen LogP contribution in [0.25, 0.3) is 6.08 Å². The molecule has 0 fully saturated rings. The summed E-state index contributed by atoms with van der Waals surface area (Å²) in [6.45, 7) is 0. The molecule has 0 aromatic heterocycles. The van der Waals surface area contributed by atoms with Crippen molar-refractivity contribution in [2.24, 2.45) is 0 Å². The number of ether oxygens (including phenoxy) is 1. The second-order valence-corrected chi connectivity index (χ2v) is 5.35. The molecule has 2 aromatic carbocycles. The number of hydrogen-bond donors (Lipinski definition) is 2. The Morgan fingerprint density at radius 2 is 1.85 bits per heavy atom. The van der Waals surface area contributed by atoms with Gasteiger partial charge in [-0.2, -0.15) is 5.26 Å². The summed E-state index contributed by atoms with van der Waals surface area (Å²) in [5.41, 5.74) is 1.89. The number of nitrogens with one attached hydrogen (secondary N) is 2. The number of carbonyl (C=O) groups excluding carboxylic acids is 2. The molecule has 2 rings (SSSR count). The Balaban J connectivity index is 2.06. The zero-order chi connectivity index (χ0) is 18.9. The Morgan fingerprint density at radius 3 is 2.46 bits per heavy atom. The molecule has 0 saturated heterocycles. The van der Waals surface area contributed by atoms with Crippen molar-refractivity contribution < 1.29 is 14.3 Å². The predicted molar refractivity (Wildman–Crippen MR) is 98.4 cm³/mol. The van der Waals surface area contributed by atoms with Gasteiger partial charge in [-0.25, -0.2) is 0 Å². The molecule has 0 radical (unpaired) electrons. The highest BCUT2D eigenvalue weighted by Gasteiger charge is 2.16. The third-order valence-corrected chi connectivity index (χ3v) is 3.69. The molecule has 0 aliphatic rings. The third-order valence-electron chi connectivity index (χ3n) is 3.69. The highest BCUT2D eigenvalue weighted by Crippen LogP contribution is 2.24. The number of para-hydroxylation sites is 1. The van der Waals surface area contributed by atoms with E-state index in [0.29, 0.717) is 16.9 Å². The van der Waals surface area contributed by atoms with E-state index in [1.807, 2.05) is 0 Å². The van der Waals surface area contributed by atoms with E-state index < -0.39 is 11.9 Å². The standard InChI is InChI=1S/C20H19N3O3/c1-22-20(25)15-10-7-14(8-11-15)9-12-19(24)23-17(13-21)16-5-3-4-6-18(16)26-2/h3-12,17H,1-2H3,(H,22,25)(H,23,24). The summed E-state index contributed by atoms with van der Waals surface area (Å²) < 4.78 is 5.23. The van der Waals surface area contributed by atoms with E-state index in [9.17, 15) is 14.9 Å². The number of amides is 2. The molecule has 0 bridgehead atoms. The van der Waals surface area contributed by atoms with Gasteiger partial charge in [-0.05, 0) is 29.8 Å². The Hall–Kier alpha value is -3.59. The molecular weight excluding hydrogens is 330 g/mol. The van der Waals surface area contributed by atoms with Crippen LogP contribution in [0, 0.1) is 11.3 Å². The number of nitriles is 1. The molecule has 0 spiro atoms. The molecule has 26 heavy (non-hydrogen) atoms. The topological polar surface area (TPSA) is 91.2 Å². The van der Waals surface area contributed by atoms with Gasteiger partial charge in [0, 0.05) is 24.3 Å². The average Bonchev–Trinajstić information content (AvgIpc) is 2.70. The minimum Gasteiger partial charge on any atom is -0.496 e. The van der Waals surface area contributed by atoms with Crippen molar-refractivity contribution in [3.8, 4) is 11.8 Å². The van der Waals surface area contributed by atoms with Crippen LogP contribution in [0.2, 0.25) is 0 Å². The van der Waals surface area contributed by atoms with Crippen LogP contribution in [0.4, 0.5) is 0 Å². The summed E-state index contributed by atoms with van der Waals surface area (Å²) in [5, 5.41) is 14.5. The van der Waals surface area contributed by atoms with Crippen molar-refractivity contribution in [2.45, 2.75) is 6.04 Å². The SMILES string of the molecule is CNC(=O)c1ccc(C=CC(=O)NC(C#N)c2ccccc2OC)cc1. The van der Waals surface area contributed by atoms with E-state index in [2.05, 4.69) is 16.7 Å². The summed E-state index contributed by atoms with van der Waals surface area (Å²) in [6.07, 6.45) is 2.95. The maximum atomic E-state index is 12.1. The number of nitrogens with zero attached hydrogens (tertiary/aromatic N) is 1. The fourth-order valence-corrected chi connectivity index (χ4v) is 2.34. The van der Waals surface area contributed by atoms with E-state index in [0.717, 1.165) is 5.56 Å². The smallest absolute Gasteiger partial charge is 0.251 e. The second-order valence-electron chi connectivity index (χ2n) is 5.35. The van der Waals surface area contributed by atoms with Crippen molar-refractivity contribution in [3.05, 3.63) is 71.3 Å². The average molecular weight is 349 g/mol. The van der Waals surface area contributed by atoms with Crippen LogP contribution >= 0.6 is 0 Å². The van der Waals surface area contributed by atoms with E-state index >= 15 is 0 Å². The Kier molecular flexibility index (Phi) is 6.52. The van der Waals surface area contributed by atoms with Crippen molar-refractivity contribution in [1.29, 1.82) is 5.26 Å². The summed E-state index contributed by atoms with van der Waals surface area (Å²) in [6, 6.07) is 15.1. The van der Waals surface area contributed by atoms with Crippen LogP contribution in [-0.2, 0) is 4.79 Å². The van der Waals surface area contributed by atoms with Gasteiger partial charge in [-0.1, -0.05) is 30.3 Å². The fraction of sp³-hybridized carbons (Fsp3) is 0.150. The van der Waals surface area contributed by atoms with Gasteiger partial charge in [0.15, 0.2) is 0 Å². The van der Waals surface area contributed by atoms with Crippen molar-refractivity contribution >= 4 is 17.9 Å². The number of rotatable bonds is 6. The van der Waals surface area contributed by atoms with Crippen molar-refractivity contribution in [1.82, 2.24) is 10.6 Å². The Bertz CT molecular complexity index is 851. The van der Waals surface area contributed by atoms with Crippen molar-refractivity contribution in [3.63, 3.8) is 0 Å². The molecule has 132 valence electrons. The Morgan fingerprint density at radius 1 is 1.15 bits per heavy atom. The van der Waals surface area contributed by atoms with Gasteiger partial charge >= 0.3 is 0 Å². The number of methoxy groups -OCH3 is 1. The fourth-order valence-electron chi connectivity index (χ4n) is 2.34. The quantitative estimate of drug-likeness (QED) is 0.784. The van der Waals surface area contributed by atoms with E-state index in [1.165, 1.54) is 13.2 Å². The van der Waals surface area contributed by atoms with Crippen LogP contribution < -0.4 is 15.4 Å². The molecule has 0 saturated carbocycles. The van der Waals surface area contributed by atoms with Gasteiger partial charge in [0.1, 0.15) is 11.8 Å². The predicted octanol–water partition coefficient (Wildman–Crippen LogP) is 2.45. The zero-order valence-corrected chi connectivity index (χ0v) is 14.5. The number of hydrogen-bond acceptors (Lipinski definition) is 4. The van der Waals surface area contributed by atoms with Gasteiger partial charge in [0.2, 0.25) is 5.91 Å². The number of carbonyl (C=O) groups is 2. The molecule has 6 heteroatoms. The molecule has 6 nitrogen and oxygen atoms in total. The van der Waals surface area contributed by atoms with E-state index in [-0.39, 0.29) is 5.91 Å². The van der Waals surface area contributed by atoms with E-state index in [1.54, 1.807) is 61.7 Å². The van der Waals surface area contributed by atoms with Gasteiger partial charge in [-0.15, -0.1) is 0 Å². The minimum absolute atomic E-state index is 0.174. The normalized spacial score (nSPS) is 11.4. The first kappa shape index (κ1) is 18.7. The number of benzene rings is 2. The maximum Gasteiger partial charge on any atom is 0.251 e. The molecule has 2 N–H and O–H groups in total. The van der Waals surface area contributed by atoms with Gasteiger partial charge in [0.25, 0.3) is 5.91 Å². The minimum atomic E-state index is -0.820. The first-order chi connectivity index (χ1) is 12.6. The first-order valence-electron chi connectivity index (χ1n) is 7.92. The van der Waals surface area contributed by atoms with Crippen LogP contribution in [0.3, 0.4) is 0 Å². The van der Waals surface area contributed by atoms with E-state index in [4.69, 9.17) is 4.74 Å². The van der Waals surface area contributed by atoms with Crippen LogP contribution in [0.15, 0.2) is 54.6 Å². The van der Waals surface area contributed by atoms with Gasteiger partial charge in [-0.3, -0.25) is 9.59 Å². The lowest BCUT2D eigenvalue weighted by molar-refractivity contribution is -0.116. The van der Waals surface area contributed by atoms with Gasteiger partial charge in [0.05, 0.1) is 13.2 Å². The molecule has 1 unspecified atom stereocenters. The molecule has 0 aliphatic heterocycles. The lowest BCUT2D eigenvalue weighted by atomic mass is 10.1. The van der Waals surface area contributed by atoms with Crippen LogP contribution in [0.5, 0.6) is 5.75 Å². The summed E-state index contributed by atoms with van der Waals surface area (Å²) in [5.74, 6) is -0.0436. The second kappa shape index (κ2) is 9.04. The molecular formula is C20H19N3O3. The monoisotopic (exact) mass is 349 g/mol. The zero-order valence-electron chi connectivity index (χ0n) is 14.5. The highest BCUT2D eigenvalue weighted by molar-refractivity contribution is 5.95. The molecule has 2 amide bonds. The highest BCUT2D eigenvalue weighted by atomic mass is 16.5. The lowest BCUT2D eigenvalue weighted by Crippen LogP contribution is -2.26. The largest absolute Gasteiger partial charge is 0.496 e. The molecule has 2 aromatic rings. The molecule has 0 aliphatic carbocycles. The summed E-state index contributed by atoms with van der Waals surface area (Å²) in [4.78, 5) is 23.6. The van der Waals surface area contributed by atoms with Gasteiger partial charge < -0.3 is 15.4 Å². The summed E-state index contributed by atoms with van der Waals surface area (Å²) >= 11 is 0. The summed E-state index contributed by atoms with van der Waals surface area (Å²) in [7, 11) is 3.07. The lowest BCUT2D eigenvalue weighted by Gasteiger charge is -2.14. The maximum absolute atomic E-state index is 12.1.